The van der Waals surface area contributed by atoms with E-state index in [0.717, 1.165) is 0 Å². The largest absolute Gasteiger partial charge is 0.457 e. The van der Waals surface area contributed by atoms with Gasteiger partial charge in [0.2, 0.25) is 0 Å². The molecule has 0 saturated heterocycles. The van der Waals surface area contributed by atoms with Crippen LogP contribution in [0.25, 0.3) is 0 Å². The molecule has 0 aromatic carbocycles. The highest BCUT2D eigenvalue weighted by Gasteiger charge is 2.36. The van der Waals surface area contributed by atoms with Crippen LogP contribution in [0.5, 0.6) is 0 Å². The Bertz CT molecular complexity index is 318. The van der Waals surface area contributed by atoms with Crippen molar-refractivity contribution in [3.63, 3.8) is 0 Å². The number of hydrogen-bond donors (Lipinski definition) is 0. The molecule has 0 aliphatic heterocycles. The molecule has 0 aromatic rings. The summed E-state index contributed by atoms with van der Waals surface area (Å²) < 4.78 is 5.10. The topological polar surface area (TPSA) is 43.4 Å². The quantitative estimate of drug-likeness (QED) is 0.539. The van der Waals surface area contributed by atoms with Crippen LogP contribution in [0.1, 0.15) is 27.2 Å². The van der Waals surface area contributed by atoms with Gasteiger partial charge in [0.05, 0.1) is 0 Å². The van der Waals surface area contributed by atoms with Gasteiger partial charge in [0, 0.05) is 11.8 Å². The SMILES string of the molecule is CC1=C[C@H](OC(=O)CCl)CC(C)(C)C1=O. The first-order valence-electron chi connectivity index (χ1n) is 4.85. The van der Waals surface area contributed by atoms with Crippen molar-refractivity contribution in [3.8, 4) is 0 Å². The number of rotatable bonds is 2. The lowest BCUT2D eigenvalue weighted by Crippen LogP contribution is -2.36. The number of halogens is 1. The van der Waals surface area contributed by atoms with Crippen molar-refractivity contribution in [2.75, 3.05) is 5.88 Å². The predicted octanol–water partition coefficient (Wildman–Crippen LogP) is 2.08. The van der Waals surface area contributed by atoms with E-state index < -0.39 is 11.4 Å². The van der Waals surface area contributed by atoms with E-state index in [1.165, 1.54) is 0 Å². The van der Waals surface area contributed by atoms with E-state index in [4.69, 9.17) is 16.3 Å². The minimum absolute atomic E-state index is 0.112. The van der Waals surface area contributed by atoms with Crippen molar-refractivity contribution in [1.29, 1.82) is 0 Å². The summed E-state index contributed by atoms with van der Waals surface area (Å²) >= 11 is 5.35. The lowest BCUT2D eigenvalue weighted by molar-refractivity contribution is -0.147. The lowest BCUT2D eigenvalue weighted by atomic mass is 9.75. The predicted molar refractivity (Wildman–Crippen MR) is 57.8 cm³/mol. The monoisotopic (exact) mass is 230 g/mol. The molecule has 0 N–H and O–H groups in total. The third kappa shape index (κ3) is 2.81. The van der Waals surface area contributed by atoms with Gasteiger partial charge in [0.15, 0.2) is 5.78 Å². The van der Waals surface area contributed by atoms with E-state index in [1.807, 2.05) is 13.8 Å². The van der Waals surface area contributed by atoms with E-state index in [9.17, 15) is 9.59 Å². The maximum atomic E-state index is 11.7. The Labute approximate surface area is 94.4 Å². The Hall–Kier alpha value is -0.830. The summed E-state index contributed by atoms with van der Waals surface area (Å²) in [7, 11) is 0. The third-order valence-electron chi connectivity index (χ3n) is 2.51. The molecule has 15 heavy (non-hydrogen) atoms. The zero-order valence-corrected chi connectivity index (χ0v) is 9.93. The molecule has 0 heterocycles. The highest BCUT2D eigenvalue weighted by atomic mass is 35.5. The molecule has 1 rings (SSSR count). The molecule has 0 fully saturated rings. The van der Waals surface area contributed by atoms with Gasteiger partial charge in [-0.3, -0.25) is 9.59 Å². The summed E-state index contributed by atoms with van der Waals surface area (Å²) in [6, 6.07) is 0. The summed E-state index contributed by atoms with van der Waals surface area (Å²) in [4.78, 5) is 22.7. The number of Topliss-reactive ketones (excluding diaryl/α,β-unsaturated/α-hetero) is 1. The number of ketones is 1. The standard InChI is InChI=1S/C11H15ClO3/c1-7-4-8(15-9(13)6-12)5-11(2,3)10(7)14/h4,8H,5-6H2,1-3H3/t8-/m0/s1. The maximum absolute atomic E-state index is 11.7. The van der Waals surface area contributed by atoms with Crippen molar-refractivity contribution in [3.05, 3.63) is 11.6 Å². The summed E-state index contributed by atoms with van der Waals surface area (Å²) in [6.45, 7) is 5.45. The fourth-order valence-electron chi connectivity index (χ4n) is 1.82. The van der Waals surface area contributed by atoms with Crippen molar-refractivity contribution in [2.24, 2.45) is 5.41 Å². The van der Waals surface area contributed by atoms with Gasteiger partial charge in [-0.2, -0.15) is 0 Å². The second-order valence-corrected chi connectivity index (χ2v) is 4.70. The summed E-state index contributed by atoms with van der Waals surface area (Å²) in [6.07, 6.45) is 1.88. The van der Waals surface area contributed by atoms with Crippen molar-refractivity contribution < 1.29 is 14.3 Å². The van der Waals surface area contributed by atoms with Crippen LogP contribution in [0, 0.1) is 5.41 Å². The molecule has 3 nitrogen and oxygen atoms in total. The van der Waals surface area contributed by atoms with Gasteiger partial charge in [-0.05, 0) is 18.6 Å². The molecule has 0 radical (unpaired) electrons. The minimum Gasteiger partial charge on any atom is -0.457 e. The molecule has 0 saturated carbocycles. The van der Waals surface area contributed by atoms with Crippen LogP contribution < -0.4 is 0 Å². The van der Waals surface area contributed by atoms with Gasteiger partial charge >= 0.3 is 5.97 Å². The second-order valence-electron chi connectivity index (χ2n) is 4.43. The highest BCUT2D eigenvalue weighted by molar-refractivity contribution is 6.26. The van der Waals surface area contributed by atoms with Gasteiger partial charge in [-0.1, -0.05) is 13.8 Å². The molecule has 0 spiro atoms. The van der Waals surface area contributed by atoms with Gasteiger partial charge in [-0.25, -0.2) is 0 Å². The van der Waals surface area contributed by atoms with Crippen LogP contribution >= 0.6 is 11.6 Å². The van der Waals surface area contributed by atoms with Crippen LogP contribution in [0.3, 0.4) is 0 Å². The summed E-state index contributed by atoms with van der Waals surface area (Å²) in [5.74, 6) is -0.492. The normalized spacial score (nSPS) is 24.7. The number of alkyl halides is 1. The average molecular weight is 231 g/mol. The van der Waals surface area contributed by atoms with E-state index in [-0.39, 0.29) is 17.8 Å². The Morgan fingerprint density at radius 2 is 2.27 bits per heavy atom. The molecule has 84 valence electrons. The number of carbonyl (C=O) groups is 2. The smallest absolute Gasteiger partial charge is 0.321 e. The second kappa shape index (κ2) is 4.35. The zero-order chi connectivity index (χ0) is 11.6. The molecule has 1 aliphatic carbocycles. The fourth-order valence-corrected chi connectivity index (χ4v) is 1.88. The molecule has 4 heteroatoms. The van der Waals surface area contributed by atoms with E-state index in [2.05, 4.69) is 0 Å². The Morgan fingerprint density at radius 3 is 2.73 bits per heavy atom. The molecule has 0 aromatic heterocycles. The maximum Gasteiger partial charge on any atom is 0.321 e. The van der Waals surface area contributed by atoms with E-state index in [1.54, 1.807) is 13.0 Å². The van der Waals surface area contributed by atoms with Crippen LogP contribution in [0.4, 0.5) is 0 Å². The molecule has 0 unspecified atom stereocenters. The zero-order valence-electron chi connectivity index (χ0n) is 9.17. The van der Waals surface area contributed by atoms with Gasteiger partial charge in [0.25, 0.3) is 0 Å². The molecule has 0 bridgehead atoms. The van der Waals surface area contributed by atoms with Gasteiger partial charge < -0.3 is 4.74 Å². The van der Waals surface area contributed by atoms with Crippen LogP contribution in [0.2, 0.25) is 0 Å². The third-order valence-corrected chi connectivity index (χ3v) is 2.73. The molecular formula is C11H15ClO3. The minimum atomic E-state index is -0.462. The van der Waals surface area contributed by atoms with Crippen LogP contribution in [-0.2, 0) is 14.3 Å². The first kappa shape index (κ1) is 12.2. The van der Waals surface area contributed by atoms with Crippen LogP contribution in [0.15, 0.2) is 11.6 Å². The first-order valence-corrected chi connectivity index (χ1v) is 5.39. The van der Waals surface area contributed by atoms with Crippen molar-refractivity contribution in [2.45, 2.75) is 33.3 Å². The Kier molecular flexibility index (Phi) is 3.55. The van der Waals surface area contributed by atoms with Crippen LogP contribution in [-0.4, -0.2) is 23.7 Å². The number of allylic oxidation sites excluding steroid dienone is 1. The molecule has 1 atom stereocenters. The average Bonchev–Trinajstić information content (AvgIpc) is 2.13. The number of carbonyl (C=O) groups excluding carboxylic acids is 2. The summed E-state index contributed by atoms with van der Waals surface area (Å²) in [5, 5.41) is 0. The van der Waals surface area contributed by atoms with Crippen molar-refractivity contribution >= 4 is 23.4 Å². The number of esters is 1. The fraction of sp³-hybridized carbons (Fsp3) is 0.636. The molecular weight excluding hydrogens is 216 g/mol. The number of ether oxygens (including phenoxy) is 1. The Morgan fingerprint density at radius 1 is 1.67 bits per heavy atom. The molecule has 1 aliphatic rings. The van der Waals surface area contributed by atoms with Crippen molar-refractivity contribution in [1.82, 2.24) is 0 Å². The highest BCUT2D eigenvalue weighted by Crippen LogP contribution is 2.33. The lowest BCUT2D eigenvalue weighted by Gasteiger charge is -2.31. The van der Waals surface area contributed by atoms with E-state index in [0.29, 0.717) is 12.0 Å². The number of hydrogen-bond acceptors (Lipinski definition) is 3. The van der Waals surface area contributed by atoms with Gasteiger partial charge in [0.1, 0.15) is 12.0 Å². The Balaban J connectivity index is 2.79. The first-order chi connectivity index (χ1) is 6.86. The van der Waals surface area contributed by atoms with E-state index >= 15 is 0 Å². The van der Waals surface area contributed by atoms with Gasteiger partial charge in [-0.15, -0.1) is 11.6 Å². The summed E-state index contributed by atoms with van der Waals surface area (Å²) in [5.41, 5.74) is 0.189. The molecule has 0 amide bonds.